The number of carbonyl (C=O) groups is 3. The lowest BCUT2D eigenvalue weighted by Crippen LogP contribution is -2.39. The molecule has 9 heteroatoms. The highest BCUT2D eigenvalue weighted by molar-refractivity contribution is 6.47. The van der Waals surface area contributed by atoms with E-state index in [1.165, 1.54) is 5.01 Å². The quantitative estimate of drug-likeness (QED) is 0.530. The fourth-order valence-corrected chi connectivity index (χ4v) is 4.09. The number of hydrazone groups is 1. The van der Waals surface area contributed by atoms with Gasteiger partial charge in [0.15, 0.2) is 5.71 Å². The summed E-state index contributed by atoms with van der Waals surface area (Å²) in [7, 11) is 0. The maximum absolute atomic E-state index is 13.4. The van der Waals surface area contributed by atoms with E-state index in [2.05, 4.69) is 5.10 Å². The van der Waals surface area contributed by atoms with Gasteiger partial charge in [-0.25, -0.2) is 14.7 Å². The lowest BCUT2D eigenvalue weighted by Gasteiger charge is -2.23. The highest BCUT2D eigenvalue weighted by Crippen LogP contribution is 2.41. The summed E-state index contributed by atoms with van der Waals surface area (Å²) in [6.07, 6.45) is 0. The van der Waals surface area contributed by atoms with Crippen LogP contribution in [0.25, 0.3) is 0 Å². The zero-order chi connectivity index (χ0) is 21.6. The van der Waals surface area contributed by atoms with Gasteiger partial charge in [0, 0.05) is 5.02 Å². The Morgan fingerprint density at radius 3 is 2.40 bits per heavy atom. The summed E-state index contributed by atoms with van der Waals surface area (Å²) in [4.78, 5) is 40.4. The van der Waals surface area contributed by atoms with Crippen LogP contribution in [0.15, 0.2) is 47.6 Å². The molecule has 0 unspecified atom stereocenters. The number of halogens is 2. The van der Waals surface area contributed by atoms with E-state index in [0.29, 0.717) is 27.0 Å². The lowest BCUT2D eigenvalue weighted by atomic mass is 9.97. The molecule has 2 amide bonds. The smallest absolute Gasteiger partial charge is 0.355 e. The van der Waals surface area contributed by atoms with Crippen molar-refractivity contribution in [2.24, 2.45) is 11.0 Å². The van der Waals surface area contributed by atoms with Crippen LogP contribution in [0.5, 0.6) is 0 Å². The average Bonchev–Trinajstić information content (AvgIpc) is 3.22. The Labute approximate surface area is 182 Å². The third-order valence-corrected chi connectivity index (χ3v) is 5.84. The molecule has 0 aliphatic carbocycles. The summed E-state index contributed by atoms with van der Waals surface area (Å²) >= 11 is 12.5. The molecule has 1 saturated heterocycles. The van der Waals surface area contributed by atoms with Crippen molar-refractivity contribution in [2.45, 2.75) is 19.9 Å². The Kier molecular flexibility index (Phi) is 5.26. The topological polar surface area (TPSA) is 79.3 Å². The van der Waals surface area contributed by atoms with Gasteiger partial charge >= 0.3 is 5.97 Å². The van der Waals surface area contributed by atoms with E-state index in [0.717, 1.165) is 4.90 Å². The molecule has 154 valence electrons. The largest absolute Gasteiger partial charge is 0.461 e. The molecule has 30 heavy (non-hydrogen) atoms. The molecule has 2 heterocycles. The van der Waals surface area contributed by atoms with Gasteiger partial charge in [-0.2, -0.15) is 5.10 Å². The van der Waals surface area contributed by atoms with Crippen LogP contribution in [0.1, 0.15) is 12.5 Å². The molecule has 4 rings (SSSR count). The molecular formula is C21H17Cl2N3O4. The first-order valence-corrected chi connectivity index (χ1v) is 10.0. The molecule has 2 aromatic rings. The van der Waals surface area contributed by atoms with E-state index in [4.69, 9.17) is 27.9 Å². The van der Waals surface area contributed by atoms with Crippen molar-refractivity contribution in [1.29, 1.82) is 0 Å². The number of amides is 2. The van der Waals surface area contributed by atoms with E-state index < -0.39 is 29.7 Å². The van der Waals surface area contributed by atoms with Crippen LogP contribution in [0.2, 0.25) is 10.0 Å². The lowest BCUT2D eigenvalue weighted by molar-refractivity contribution is -0.136. The van der Waals surface area contributed by atoms with Gasteiger partial charge in [-0.3, -0.25) is 9.59 Å². The molecule has 0 saturated carbocycles. The Balaban J connectivity index is 1.84. The third-order valence-electron chi connectivity index (χ3n) is 5.11. The number of esters is 1. The molecule has 2 aliphatic heterocycles. The third kappa shape index (κ3) is 3.05. The van der Waals surface area contributed by atoms with Gasteiger partial charge in [0.05, 0.1) is 23.0 Å². The highest BCUT2D eigenvalue weighted by atomic mass is 35.5. The number of anilines is 2. The zero-order valence-electron chi connectivity index (χ0n) is 16.1. The molecule has 2 atom stereocenters. The number of hydrogen-bond donors (Lipinski definition) is 0. The molecule has 7 nitrogen and oxygen atoms in total. The maximum atomic E-state index is 13.4. The summed E-state index contributed by atoms with van der Waals surface area (Å²) in [5.74, 6) is -2.92. The van der Waals surface area contributed by atoms with Gasteiger partial charge in [-0.05, 0) is 43.7 Å². The molecule has 1 fully saturated rings. The van der Waals surface area contributed by atoms with Crippen molar-refractivity contribution in [3.63, 3.8) is 0 Å². The van der Waals surface area contributed by atoms with Crippen LogP contribution in [0.3, 0.4) is 0 Å². The van der Waals surface area contributed by atoms with E-state index in [-0.39, 0.29) is 12.3 Å². The van der Waals surface area contributed by atoms with Crippen LogP contribution in [-0.2, 0) is 19.1 Å². The number of fused-ring (bicyclic) bond motifs is 1. The second-order valence-electron chi connectivity index (χ2n) is 6.82. The summed E-state index contributed by atoms with van der Waals surface area (Å²) in [5.41, 5.74) is 1.25. The van der Waals surface area contributed by atoms with Gasteiger partial charge < -0.3 is 4.74 Å². The molecule has 2 aromatic carbocycles. The zero-order valence-corrected chi connectivity index (χ0v) is 17.6. The van der Waals surface area contributed by atoms with Gasteiger partial charge in [0.1, 0.15) is 12.0 Å². The Hall–Kier alpha value is -2.90. The predicted molar refractivity (Wildman–Crippen MR) is 114 cm³/mol. The maximum Gasteiger partial charge on any atom is 0.355 e. The number of benzene rings is 2. The van der Waals surface area contributed by atoms with Gasteiger partial charge in [-0.15, -0.1) is 0 Å². The van der Waals surface area contributed by atoms with Crippen LogP contribution in [0, 0.1) is 12.8 Å². The van der Waals surface area contributed by atoms with Crippen molar-refractivity contribution >= 4 is 58.1 Å². The molecule has 0 N–H and O–H groups in total. The van der Waals surface area contributed by atoms with E-state index in [1.54, 1.807) is 56.3 Å². The van der Waals surface area contributed by atoms with Crippen molar-refractivity contribution in [1.82, 2.24) is 0 Å². The number of rotatable bonds is 4. The summed E-state index contributed by atoms with van der Waals surface area (Å²) < 4.78 is 5.08. The molecule has 2 aliphatic rings. The summed E-state index contributed by atoms with van der Waals surface area (Å²) in [6.45, 7) is 3.49. The number of nitrogens with zero attached hydrogens (tertiary/aromatic N) is 3. The number of carbonyl (C=O) groups excluding carboxylic acids is 3. The first-order valence-electron chi connectivity index (χ1n) is 9.29. The highest BCUT2D eigenvalue weighted by Gasteiger charge is 2.59. The molecular weight excluding hydrogens is 429 g/mol. The average molecular weight is 446 g/mol. The van der Waals surface area contributed by atoms with E-state index in [1.807, 2.05) is 0 Å². The first kappa shape index (κ1) is 20.4. The minimum atomic E-state index is -1.11. The standard InChI is InChI=1S/C21H17Cl2N3O4/c1-3-30-21(29)17-16-18(26(24-17)15-9-5-4-7-13(15)23)20(28)25(19(16)27)14-10-6-8-12(22)11(14)2/h4-10,16,18H,3H2,1-2H3/t16-,18+/m0/s1. The van der Waals surface area contributed by atoms with E-state index >= 15 is 0 Å². The number of para-hydroxylation sites is 1. The fourth-order valence-electron chi connectivity index (χ4n) is 3.70. The monoisotopic (exact) mass is 445 g/mol. The Bertz CT molecular complexity index is 1100. The normalized spacial score (nSPS) is 20.5. The summed E-state index contributed by atoms with van der Waals surface area (Å²) in [6, 6.07) is 10.7. The van der Waals surface area contributed by atoms with Crippen molar-refractivity contribution in [2.75, 3.05) is 16.5 Å². The fraction of sp³-hybridized carbons (Fsp3) is 0.238. The number of hydrogen-bond acceptors (Lipinski definition) is 6. The van der Waals surface area contributed by atoms with Crippen LogP contribution >= 0.6 is 23.2 Å². The van der Waals surface area contributed by atoms with Gasteiger partial charge in [0.25, 0.3) is 5.91 Å². The molecule has 0 spiro atoms. The SMILES string of the molecule is CCOC(=O)C1=NN(c2ccccc2Cl)[C@H]2C(=O)N(c3cccc(Cl)c3C)C(=O)[C@@H]12. The van der Waals surface area contributed by atoms with Crippen LogP contribution in [0.4, 0.5) is 11.4 Å². The van der Waals surface area contributed by atoms with Gasteiger partial charge in [-0.1, -0.05) is 41.4 Å². The second kappa shape index (κ2) is 7.74. The van der Waals surface area contributed by atoms with E-state index in [9.17, 15) is 14.4 Å². The molecule has 0 aromatic heterocycles. The molecule has 0 bridgehead atoms. The Morgan fingerprint density at radius 1 is 1.03 bits per heavy atom. The van der Waals surface area contributed by atoms with Crippen LogP contribution < -0.4 is 9.91 Å². The summed E-state index contributed by atoms with van der Waals surface area (Å²) in [5, 5.41) is 6.38. The minimum Gasteiger partial charge on any atom is -0.461 e. The minimum absolute atomic E-state index is 0.112. The van der Waals surface area contributed by atoms with Crippen molar-refractivity contribution in [3.8, 4) is 0 Å². The predicted octanol–water partition coefficient (Wildman–Crippen LogP) is 3.60. The first-order chi connectivity index (χ1) is 14.4. The number of ether oxygens (including phenoxy) is 1. The van der Waals surface area contributed by atoms with Crippen LogP contribution in [-0.4, -0.2) is 36.1 Å². The second-order valence-corrected chi connectivity index (χ2v) is 7.63. The van der Waals surface area contributed by atoms with Gasteiger partial charge in [0.2, 0.25) is 5.91 Å². The molecule has 0 radical (unpaired) electrons. The Morgan fingerprint density at radius 2 is 1.70 bits per heavy atom. The number of imide groups is 1. The van der Waals surface area contributed by atoms with Crippen molar-refractivity contribution < 1.29 is 19.1 Å². The van der Waals surface area contributed by atoms with Crippen molar-refractivity contribution in [3.05, 3.63) is 58.1 Å².